The summed E-state index contributed by atoms with van der Waals surface area (Å²) in [7, 11) is 2.10. The molecular weight excluding hydrogens is 264 g/mol. The predicted octanol–water partition coefficient (Wildman–Crippen LogP) is 1.50. The van der Waals surface area contributed by atoms with E-state index in [1.807, 2.05) is 24.3 Å². The molecule has 1 unspecified atom stereocenters. The lowest BCUT2D eigenvalue weighted by Crippen LogP contribution is -2.31. The van der Waals surface area contributed by atoms with E-state index in [1.165, 1.54) is 0 Å². The van der Waals surface area contributed by atoms with Crippen LogP contribution in [0.15, 0.2) is 30.3 Å². The summed E-state index contributed by atoms with van der Waals surface area (Å²) in [5.41, 5.74) is 7.73. The second kappa shape index (κ2) is 5.69. The van der Waals surface area contributed by atoms with Crippen LogP contribution in [0, 0.1) is 5.92 Å². The third-order valence-electron chi connectivity index (χ3n) is 4.02. The minimum atomic E-state index is -0.151. The predicted molar refractivity (Wildman–Crippen MR) is 84.1 cm³/mol. The van der Waals surface area contributed by atoms with Crippen LogP contribution in [0.25, 0.3) is 10.9 Å². The molecule has 0 radical (unpaired) electrons. The third kappa shape index (κ3) is 2.97. The van der Waals surface area contributed by atoms with E-state index in [9.17, 15) is 4.79 Å². The largest absolute Gasteiger partial charge is 0.398 e. The third-order valence-corrected chi connectivity index (χ3v) is 4.02. The summed E-state index contributed by atoms with van der Waals surface area (Å²) >= 11 is 0. The maximum absolute atomic E-state index is 12.2. The Kier molecular flexibility index (Phi) is 3.75. The van der Waals surface area contributed by atoms with Crippen LogP contribution in [-0.2, 0) is 0 Å². The summed E-state index contributed by atoms with van der Waals surface area (Å²) in [5.74, 6) is 0.374. The van der Waals surface area contributed by atoms with E-state index < -0.39 is 0 Å². The summed E-state index contributed by atoms with van der Waals surface area (Å²) in [6, 6.07) is 9.24. The van der Waals surface area contributed by atoms with Gasteiger partial charge in [0, 0.05) is 24.2 Å². The molecule has 0 saturated carbocycles. The lowest BCUT2D eigenvalue weighted by molar-refractivity contribution is 0.0943. The molecule has 1 aliphatic heterocycles. The molecule has 1 aromatic heterocycles. The normalized spacial score (nSPS) is 19.0. The van der Waals surface area contributed by atoms with E-state index in [0.717, 1.165) is 30.4 Å². The maximum Gasteiger partial charge on any atom is 0.269 e. The highest BCUT2D eigenvalue weighted by Crippen LogP contribution is 2.20. The first-order valence-corrected chi connectivity index (χ1v) is 7.25. The van der Waals surface area contributed by atoms with Gasteiger partial charge in [-0.25, -0.2) is 4.98 Å². The van der Waals surface area contributed by atoms with E-state index in [-0.39, 0.29) is 5.91 Å². The minimum Gasteiger partial charge on any atom is -0.398 e. The SMILES string of the molecule is CN1CCC(CNC(=O)c2cc(N)c3ccccc3n2)C1. The summed E-state index contributed by atoms with van der Waals surface area (Å²) in [6.07, 6.45) is 1.13. The molecule has 2 heterocycles. The number of para-hydroxylation sites is 1. The van der Waals surface area contributed by atoms with Gasteiger partial charge in [0.2, 0.25) is 0 Å². The molecule has 1 saturated heterocycles. The Balaban J connectivity index is 1.72. The zero-order chi connectivity index (χ0) is 14.8. The maximum atomic E-state index is 12.2. The topological polar surface area (TPSA) is 71.2 Å². The molecule has 5 nitrogen and oxygen atoms in total. The van der Waals surface area contributed by atoms with Crippen molar-refractivity contribution in [2.75, 3.05) is 32.4 Å². The molecule has 1 atom stereocenters. The Bertz CT molecular complexity index is 670. The second-order valence-corrected chi connectivity index (χ2v) is 5.74. The Hall–Kier alpha value is -2.14. The van der Waals surface area contributed by atoms with Crippen LogP contribution < -0.4 is 11.1 Å². The summed E-state index contributed by atoms with van der Waals surface area (Å²) in [4.78, 5) is 18.9. The number of benzene rings is 1. The highest BCUT2D eigenvalue weighted by molar-refractivity contribution is 5.99. The lowest BCUT2D eigenvalue weighted by atomic mass is 10.1. The number of carbonyl (C=O) groups excluding carboxylic acids is 1. The monoisotopic (exact) mass is 284 g/mol. The number of likely N-dealkylation sites (tertiary alicyclic amines) is 1. The summed E-state index contributed by atoms with van der Waals surface area (Å²) < 4.78 is 0. The van der Waals surface area contributed by atoms with Crippen molar-refractivity contribution < 1.29 is 4.79 Å². The number of aromatic nitrogens is 1. The first kappa shape index (κ1) is 13.8. The zero-order valence-corrected chi connectivity index (χ0v) is 12.2. The smallest absolute Gasteiger partial charge is 0.269 e. The van der Waals surface area contributed by atoms with Crippen LogP contribution in [0.4, 0.5) is 5.69 Å². The van der Waals surface area contributed by atoms with Crippen molar-refractivity contribution in [3.8, 4) is 0 Å². The molecule has 5 heteroatoms. The fourth-order valence-corrected chi connectivity index (χ4v) is 2.84. The molecule has 1 amide bonds. The highest BCUT2D eigenvalue weighted by Gasteiger charge is 2.20. The van der Waals surface area contributed by atoms with Crippen LogP contribution in [0.2, 0.25) is 0 Å². The molecule has 1 aromatic carbocycles. The average molecular weight is 284 g/mol. The number of fused-ring (bicyclic) bond motifs is 1. The highest BCUT2D eigenvalue weighted by atomic mass is 16.1. The number of nitrogens with zero attached hydrogens (tertiary/aromatic N) is 2. The van der Waals surface area contributed by atoms with Gasteiger partial charge < -0.3 is 16.0 Å². The number of rotatable bonds is 3. The molecule has 0 aliphatic carbocycles. The fourth-order valence-electron chi connectivity index (χ4n) is 2.84. The average Bonchev–Trinajstić information content (AvgIpc) is 2.90. The van der Waals surface area contributed by atoms with Crippen molar-refractivity contribution in [1.82, 2.24) is 15.2 Å². The van der Waals surface area contributed by atoms with Crippen molar-refractivity contribution >= 4 is 22.5 Å². The molecule has 21 heavy (non-hydrogen) atoms. The quantitative estimate of drug-likeness (QED) is 0.896. The van der Waals surface area contributed by atoms with Crippen molar-refractivity contribution in [1.29, 1.82) is 0 Å². The zero-order valence-electron chi connectivity index (χ0n) is 12.2. The Morgan fingerprint density at radius 1 is 1.48 bits per heavy atom. The van der Waals surface area contributed by atoms with Gasteiger partial charge in [-0.15, -0.1) is 0 Å². The van der Waals surface area contributed by atoms with E-state index in [4.69, 9.17) is 5.73 Å². The van der Waals surface area contributed by atoms with Crippen LogP contribution in [-0.4, -0.2) is 42.5 Å². The number of carbonyl (C=O) groups is 1. The Morgan fingerprint density at radius 3 is 3.05 bits per heavy atom. The molecule has 3 N–H and O–H groups in total. The number of anilines is 1. The van der Waals surface area contributed by atoms with E-state index in [1.54, 1.807) is 6.07 Å². The number of nitrogen functional groups attached to an aromatic ring is 1. The molecule has 0 bridgehead atoms. The molecule has 2 aromatic rings. The van der Waals surface area contributed by atoms with Gasteiger partial charge in [-0.1, -0.05) is 18.2 Å². The first-order chi connectivity index (χ1) is 10.1. The molecule has 1 aliphatic rings. The van der Waals surface area contributed by atoms with E-state index in [2.05, 4.69) is 22.2 Å². The fraction of sp³-hybridized carbons (Fsp3) is 0.375. The van der Waals surface area contributed by atoms with E-state index in [0.29, 0.717) is 23.8 Å². The molecule has 3 rings (SSSR count). The van der Waals surface area contributed by atoms with Gasteiger partial charge in [0.05, 0.1) is 5.52 Å². The first-order valence-electron chi connectivity index (χ1n) is 7.25. The van der Waals surface area contributed by atoms with Crippen molar-refractivity contribution in [3.05, 3.63) is 36.0 Å². The number of hydrogen-bond acceptors (Lipinski definition) is 4. The number of amides is 1. The second-order valence-electron chi connectivity index (χ2n) is 5.74. The standard InChI is InChI=1S/C16H20N4O/c1-20-7-6-11(10-20)9-18-16(21)15-8-13(17)12-4-2-3-5-14(12)19-15/h2-5,8,11H,6-7,9-10H2,1H3,(H2,17,19)(H,18,21). The van der Waals surface area contributed by atoms with Crippen LogP contribution >= 0.6 is 0 Å². The molecule has 110 valence electrons. The number of nitrogens with two attached hydrogens (primary N) is 1. The van der Waals surface area contributed by atoms with Crippen molar-refractivity contribution in [3.63, 3.8) is 0 Å². The van der Waals surface area contributed by atoms with Gasteiger partial charge in [0.25, 0.3) is 5.91 Å². The number of pyridine rings is 1. The molecule has 1 fully saturated rings. The number of nitrogens with one attached hydrogen (secondary N) is 1. The van der Waals surface area contributed by atoms with Gasteiger partial charge in [-0.2, -0.15) is 0 Å². The van der Waals surface area contributed by atoms with Crippen molar-refractivity contribution in [2.45, 2.75) is 6.42 Å². The lowest BCUT2D eigenvalue weighted by Gasteiger charge is -2.12. The summed E-state index contributed by atoms with van der Waals surface area (Å²) in [5, 5.41) is 3.85. The number of hydrogen-bond donors (Lipinski definition) is 2. The van der Waals surface area contributed by atoms with Crippen LogP contribution in [0.5, 0.6) is 0 Å². The van der Waals surface area contributed by atoms with Crippen molar-refractivity contribution in [2.24, 2.45) is 5.92 Å². The van der Waals surface area contributed by atoms with Gasteiger partial charge in [0.1, 0.15) is 5.69 Å². The van der Waals surface area contributed by atoms with Gasteiger partial charge in [0.15, 0.2) is 0 Å². The Labute approximate surface area is 124 Å². The van der Waals surface area contributed by atoms with E-state index >= 15 is 0 Å². The Morgan fingerprint density at radius 2 is 2.29 bits per heavy atom. The summed E-state index contributed by atoms with van der Waals surface area (Å²) in [6.45, 7) is 2.83. The molecular formula is C16H20N4O. The van der Waals surface area contributed by atoms with Crippen LogP contribution in [0.3, 0.4) is 0 Å². The molecule has 0 spiro atoms. The minimum absolute atomic E-state index is 0.151. The van der Waals surface area contributed by atoms with Gasteiger partial charge >= 0.3 is 0 Å². The van der Waals surface area contributed by atoms with Gasteiger partial charge in [-0.3, -0.25) is 4.79 Å². The van der Waals surface area contributed by atoms with Gasteiger partial charge in [-0.05, 0) is 38.1 Å². The van der Waals surface area contributed by atoms with Crippen LogP contribution in [0.1, 0.15) is 16.9 Å².